The smallest absolute Gasteiger partial charge is 0.229 e. The van der Waals surface area contributed by atoms with Gasteiger partial charge in [0.1, 0.15) is 5.75 Å². The van der Waals surface area contributed by atoms with E-state index < -0.39 is 0 Å². The van der Waals surface area contributed by atoms with Crippen molar-refractivity contribution in [3.63, 3.8) is 0 Å². The highest BCUT2D eigenvalue weighted by Crippen LogP contribution is 2.28. The number of halogens is 2. The Morgan fingerprint density at radius 2 is 1.92 bits per heavy atom. The largest absolute Gasteiger partial charge is 0.492 e. The van der Waals surface area contributed by atoms with Crippen LogP contribution in [0.2, 0.25) is 5.02 Å². The van der Waals surface area contributed by atoms with E-state index in [0.717, 1.165) is 5.56 Å². The van der Waals surface area contributed by atoms with Crippen LogP contribution in [0.25, 0.3) is 0 Å². The minimum atomic E-state index is -0.372. The van der Waals surface area contributed by atoms with Gasteiger partial charge in [0.2, 0.25) is 5.91 Å². The summed E-state index contributed by atoms with van der Waals surface area (Å²) < 4.78 is 5.38. The number of rotatable bonds is 6. The van der Waals surface area contributed by atoms with E-state index in [-0.39, 0.29) is 30.3 Å². The van der Waals surface area contributed by atoms with Gasteiger partial charge < -0.3 is 15.8 Å². The molecular formula is C18H22Cl2N2O2. The first-order valence-electron chi connectivity index (χ1n) is 7.56. The van der Waals surface area contributed by atoms with Crippen LogP contribution < -0.4 is 15.8 Å². The van der Waals surface area contributed by atoms with E-state index in [0.29, 0.717) is 23.1 Å². The van der Waals surface area contributed by atoms with Gasteiger partial charge in [0.15, 0.2) is 0 Å². The zero-order valence-corrected chi connectivity index (χ0v) is 15.2. The Morgan fingerprint density at radius 3 is 2.50 bits per heavy atom. The highest BCUT2D eigenvalue weighted by Gasteiger charge is 2.22. The number of nitrogens with one attached hydrogen (secondary N) is 1. The summed E-state index contributed by atoms with van der Waals surface area (Å²) in [5.41, 5.74) is 7.73. The molecule has 0 aliphatic heterocycles. The average Bonchev–Trinajstić information content (AvgIpc) is 2.57. The van der Waals surface area contributed by atoms with Gasteiger partial charge in [-0.1, -0.05) is 48.9 Å². The Morgan fingerprint density at radius 1 is 1.25 bits per heavy atom. The molecular weight excluding hydrogens is 347 g/mol. The summed E-state index contributed by atoms with van der Waals surface area (Å²) in [7, 11) is 0. The van der Waals surface area contributed by atoms with Crippen LogP contribution in [0.15, 0.2) is 48.5 Å². The minimum absolute atomic E-state index is 0. The van der Waals surface area contributed by atoms with Gasteiger partial charge in [0, 0.05) is 11.7 Å². The molecule has 0 aliphatic rings. The molecule has 2 unspecified atom stereocenters. The quantitative estimate of drug-likeness (QED) is 0.792. The molecule has 2 aromatic carbocycles. The summed E-state index contributed by atoms with van der Waals surface area (Å²) >= 11 is 6.13. The number of nitrogens with two attached hydrogens (primary N) is 1. The molecule has 1 amide bonds. The van der Waals surface area contributed by atoms with Crippen LogP contribution in [0.4, 0.5) is 5.69 Å². The Labute approximate surface area is 153 Å². The van der Waals surface area contributed by atoms with Crippen molar-refractivity contribution in [2.45, 2.75) is 19.9 Å². The zero-order valence-electron chi connectivity index (χ0n) is 13.7. The number of carbonyl (C=O) groups excluding carboxylic acids is 1. The molecule has 0 saturated heterocycles. The van der Waals surface area contributed by atoms with E-state index in [9.17, 15) is 4.79 Å². The van der Waals surface area contributed by atoms with Crippen LogP contribution in [0.1, 0.15) is 25.5 Å². The van der Waals surface area contributed by atoms with Crippen molar-refractivity contribution in [3.8, 4) is 5.75 Å². The summed E-state index contributed by atoms with van der Waals surface area (Å²) in [6.45, 7) is 4.23. The number of hydrogen-bond donors (Lipinski definition) is 2. The fourth-order valence-electron chi connectivity index (χ4n) is 2.23. The molecule has 0 aliphatic carbocycles. The van der Waals surface area contributed by atoms with E-state index >= 15 is 0 Å². The second kappa shape index (κ2) is 9.52. The first-order valence-corrected chi connectivity index (χ1v) is 7.94. The van der Waals surface area contributed by atoms with Crippen LogP contribution in [0, 0.1) is 5.92 Å². The zero-order chi connectivity index (χ0) is 16.8. The number of benzene rings is 2. The Balaban J connectivity index is 0.00000288. The van der Waals surface area contributed by atoms with E-state index in [1.807, 2.05) is 44.2 Å². The second-order valence-corrected chi connectivity index (χ2v) is 5.70. The predicted molar refractivity (Wildman–Crippen MR) is 101 cm³/mol. The minimum Gasteiger partial charge on any atom is -0.492 e. The second-order valence-electron chi connectivity index (χ2n) is 5.29. The van der Waals surface area contributed by atoms with Gasteiger partial charge in [-0.3, -0.25) is 4.79 Å². The lowest BCUT2D eigenvalue weighted by Gasteiger charge is -2.20. The summed E-state index contributed by atoms with van der Waals surface area (Å²) in [6.07, 6.45) is 0. The van der Waals surface area contributed by atoms with Crippen molar-refractivity contribution in [2.24, 2.45) is 11.7 Å². The van der Waals surface area contributed by atoms with Crippen molar-refractivity contribution < 1.29 is 9.53 Å². The van der Waals surface area contributed by atoms with Gasteiger partial charge in [-0.05, 0) is 30.7 Å². The van der Waals surface area contributed by atoms with Crippen molar-refractivity contribution in [2.75, 3.05) is 11.9 Å². The van der Waals surface area contributed by atoms with Crippen molar-refractivity contribution in [1.29, 1.82) is 0 Å². The van der Waals surface area contributed by atoms with Gasteiger partial charge in [-0.25, -0.2) is 0 Å². The maximum Gasteiger partial charge on any atom is 0.229 e. The van der Waals surface area contributed by atoms with E-state index in [4.69, 9.17) is 22.1 Å². The van der Waals surface area contributed by atoms with Crippen LogP contribution in [-0.2, 0) is 4.79 Å². The third kappa shape index (κ3) is 5.13. The molecule has 0 aromatic heterocycles. The van der Waals surface area contributed by atoms with Crippen molar-refractivity contribution in [1.82, 2.24) is 0 Å². The van der Waals surface area contributed by atoms with Gasteiger partial charge in [0.25, 0.3) is 0 Å². The third-order valence-electron chi connectivity index (χ3n) is 3.64. The van der Waals surface area contributed by atoms with Gasteiger partial charge >= 0.3 is 0 Å². The maximum absolute atomic E-state index is 12.4. The number of anilines is 1. The monoisotopic (exact) mass is 368 g/mol. The predicted octanol–water partition coefficient (Wildman–Crippen LogP) is 4.44. The Bertz CT molecular complexity index is 665. The Hall–Kier alpha value is -1.75. The number of ether oxygens (including phenoxy) is 1. The lowest BCUT2D eigenvalue weighted by atomic mass is 9.94. The summed E-state index contributed by atoms with van der Waals surface area (Å²) in [4.78, 5) is 12.4. The fraction of sp³-hybridized carbons (Fsp3) is 0.278. The van der Waals surface area contributed by atoms with Crippen LogP contribution >= 0.6 is 24.0 Å². The highest BCUT2D eigenvalue weighted by molar-refractivity contribution is 6.32. The van der Waals surface area contributed by atoms with Crippen LogP contribution in [-0.4, -0.2) is 12.5 Å². The van der Waals surface area contributed by atoms with Crippen LogP contribution in [0.3, 0.4) is 0 Å². The lowest BCUT2D eigenvalue weighted by molar-refractivity contribution is -0.120. The molecule has 6 heteroatoms. The van der Waals surface area contributed by atoms with E-state index in [1.165, 1.54) is 0 Å². The molecule has 2 rings (SSSR count). The van der Waals surface area contributed by atoms with Gasteiger partial charge in [-0.15, -0.1) is 12.4 Å². The van der Waals surface area contributed by atoms with Crippen molar-refractivity contribution >= 4 is 35.6 Å². The SMILES string of the molecule is CCOc1ccc(NC(=O)C(C)C(N)c2ccccc2)cc1Cl.Cl. The lowest BCUT2D eigenvalue weighted by Crippen LogP contribution is -2.30. The van der Waals surface area contributed by atoms with Crippen molar-refractivity contribution in [3.05, 3.63) is 59.1 Å². The number of carbonyl (C=O) groups is 1. The van der Waals surface area contributed by atoms with E-state index in [1.54, 1.807) is 18.2 Å². The molecule has 0 spiro atoms. The maximum atomic E-state index is 12.4. The molecule has 2 aromatic rings. The third-order valence-corrected chi connectivity index (χ3v) is 3.93. The fourth-order valence-corrected chi connectivity index (χ4v) is 2.47. The molecule has 2 atom stereocenters. The topological polar surface area (TPSA) is 64.3 Å². The first kappa shape index (κ1) is 20.3. The summed E-state index contributed by atoms with van der Waals surface area (Å²) in [6, 6.07) is 14.4. The number of hydrogen-bond acceptors (Lipinski definition) is 3. The molecule has 0 radical (unpaired) electrons. The van der Waals surface area contributed by atoms with E-state index in [2.05, 4.69) is 5.32 Å². The van der Waals surface area contributed by atoms with Gasteiger partial charge in [0.05, 0.1) is 17.5 Å². The average molecular weight is 369 g/mol. The highest BCUT2D eigenvalue weighted by atomic mass is 35.5. The van der Waals surface area contributed by atoms with Gasteiger partial charge in [-0.2, -0.15) is 0 Å². The standard InChI is InChI=1S/C18H21ClN2O2.ClH/c1-3-23-16-10-9-14(11-15(16)19)21-18(22)12(2)17(20)13-7-5-4-6-8-13;/h4-12,17H,3,20H2,1-2H3,(H,21,22);1H. The molecule has 0 heterocycles. The number of amides is 1. The molecule has 0 fully saturated rings. The molecule has 130 valence electrons. The summed E-state index contributed by atoms with van der Waals surface area (Å²) in [5, 5.41) is 3.31. The molecule has 0 saturated carbocycles. The summed E-state index contributed by atoms with van der Waals surface area (Å²) in [5.74, 6) is 0.0746. The Kier molecular flexibility index (Phi) is 8.05. The normalized spacial score (nSPS) is 12.7. The molecule has 24 heavy (non-hydrogen) atoms. The molecule has 3 N–H and O–H groups in total. The molecule has 0 bridgehead atoms. The molecule has 4 nitrogen and oxygen atoms in total. The first-order chi connectivity index (χ1) is 11.0. The van der Waals surface area contributed by atoms with Crippen LogP contribution in [0.5, 0.6) is 5.75 Å².